The van der Waals surface area contributed by atoms with Crippen molar-refractivity contribution in [2.45, 2.75) is 31.7 Å². The predicted molar refractivity (Wildman–Crippen MR) is 160 cm³/mol. The molecule has 3 aromatic rings. The lowest BCUT2D eigenvalue weighted by atomic mass is 9.75. The Balaban J connectivity index is 1.66. The molecule has 1 heterocycles. The van der Waals surface area contributed by atoms with Crippen LogP contribution in [0.15, 0.2) is 40.9 Å². The summed E-state index contributed by atoms with van der Waals surface area (Å²) in [6, 6.07) is 1.72. The van der Waals surface area contributed by atoms with Gasteiger partial charge in [0.1, 0.15) is 22.7 Å². The molecule has 0 bridgehead atoms. The molecule has 0 fully saturated rings. The Bertz CT molecular complexity index is 2040. The van der Waals surface area contributed by atoms with Gasteiger partial charge in [-0.3, -0.25) is 24.0 Å². The number of ketones is 4. The number of aromatic amines is 1. The maximum Gasteiger partial charge on any atom is 0.260 e. The van der Waals surface area contributed by atoms with E-state index >= 15 is 0 Å². The first kappa shape index (κ1) is 28.8. The Kier molecular flexibility index (Phi) is 6.47. The summed E-state index contributed by atoms with van der Waals surface area (Å²) >= 11 is 0. The molecule has 0 unspecified atom stereocenters. The first-order chi connectivity index (χ1) is 20.9. The highest BCUT2D eigenvalue weighted by molar-refractivity contribution is 6.39. The monoisotopic (exact) mass is 596 g/mol. The van der Waals surface area contributed by atoms with Crippen molar-refractivity contribution < 1.29 is 39.2 Å². The van der Waals surface area contributed by atoms with E-state index in [1.165, 1.54) is 0 Å². The molecule has 224 valence electrons. The summed E-state index contributed by atoms with van der Waals surface area (Å²) in [5.74, 6) is -6.55. The minimum Gasteiger partial charge on any atom is -0.507 e. The van der Waals surface area contributed by atoms with Crippen LogP contribution in [0.3, 0.4) is 0 Å². The van der Waals surface area contributed by atoms with Crippen LogP contribution in [0.4, 0.5) is 0 Å². The van der Waals surface area contributed by atoms with Gasteiger partial charge in [-0.25, -0.2) is 0 Å². The molecule has 3 aliphatic rings. The maximum atomic E-state index is 14.3. The van der Waals surface area contributed by atoms with Gasteiger partial charge in [-0.05, 0) is 62.5 Å². The Hall–Kier alpha value is -5.29. The number of hydrogen-bond donors (Lipinski definition) is 4. The average molecular weight is 597 g/mol. The van der Waals surface area contributed by atoms with Gasteiger partial charge in [-0.15, -0.1) is 0 Å². The highest BCUT2D eigenvalue weighted by Gasteiger charge is 2.62. The van der Waals surface area contributed by atoms with Crippen molar-refractivity contribution in [3.8, 4) is 17.2 Å². The van der Waals surface area contributed by atoms with Crippen molar-refractivity contribution in [2.75, 3.05) is 21.2 Å². The molecular formula is C33H28N2O9. The quantitative estimate of drug-likeness (QED) is 0.194. The van der Waals surface area contributed by atoms with Crippen molar-refractivity contribution in [2.24, 2.45) is 0 Å². The zero-order chi connectivity index (χ0) is 31.8. The largest absolute Gasteiger partial charge is 0.507 e. The molecule has 4 N–H and O–H groups in total. The van der Waals surface area contributed by atoms with Crippen molar-refractivity contribution in [1.29, 1.82) is 0 Å². The number of rotatable bonds is 5. The third-order valence-electron chi connectivity index (χ3n) is 8.61. The van der Waals surface area contributed by atoms with Crippen LogP contribution in [0, 0.1) is 0 Å². The predicted octanol–water partition coefficient (Wildman–Crippen LogP) is 3.47. The van der Waals surface area contributed by atoms with Crippen LogP contribution in [0.5, 0.6) is 17.2 Å². The summed E-state index contributed by atoms with van der Waals surface area (Å²) in [5.41, 5.74) is -3.73. The minimum atomic E-state index is -2.11. The second kappa shape index (κ2) is 9.88. The Morgan fingerprint density at radius 3 is 2.23 bits per heavy atom. The number of Topliss-reactive ketones (excluding diaryl/α,β-unsaturated/α-hetero) is 3. The van der Waals surface area contributed by atoms with Crippen LogP contribution in [0.1, 0.15) is 77.2 Å². The topological polar surface area (TPSA) is 174 Å². The first-order valence-corrected chi connectivity index (χ1v) is 13.8. The number of carbonyl (C=O) groups excluding carboxylic acids is 4. The summed E-state index contributed by atoms with van der Waals surface area (Å²) in [5, 5.41) is 34.5. The molecule has 0 saturated carbocycles. The zero-order valence-electron chi connectivity index (χ0n) is 24.3. The molecule has 44 heavy (non-hydrogen) atoms. The summed E-state index contributed by atoms with van der Waals surface area (Å²) < 4.78 is 4.95. The number of pyridine rings is 1. The molecule has 1 aromatic heterocycles. The number of carbonyl (C=O) groups is 4. The van der Waals surface area contributed by atoms with E-state index in [1.54, 1.807) is 24.3 Å². The van der Waals surface area contributed by atoms with Crippen molar-refractivity contribution in [3.05, 3.63) is 91.1 Å². The number of benzene rings is 2. The number of fused-ring (bicyclic) bond motifs is 5. The van der Waals surface area contributed by atoms with Gasteiger partial charge in [0.2, 0.25) is 5.78 Å². The number of nitrogens with one attached hydrogen (secondary N) is 1. The van der Waals surface area contributed by atoms with E-state index in [2.05, 4.69) is 4.98 Å². The number of phenols is 3. The fourth-order valence-electron chi connectivity index (χ4n) is 6.81. The zero-order valence-corrected chi connectivity index (χ0v) is 24.3. The number of aromatic hydroxyl groups is 3. The lowest BCUT2D eigenvalue weighted by Crippen LogP contribution is -2.36. The standard InChI is InChI=1S/C33H28N2O9/c1-5-6-7-8-14-11-16-17(13-35(2)3)15-9-10-33(25(15)29(40)20(16)32(43)34-14)30(41)23-24(31(33)42)28(39)22-21(27(23)38)18(36)12-19(44-4)26(22)37/h5-8,11-12,38-40H,9-10,13H2,1-4H3,(H,34,43)/b6-5+,8-7+/t33-/m0/s1. The normalized spacial score (nSPS) is 19.2. The van der Waals surface area contributed by atoms with Crippen molar-refractivity contribution in [1.82, 2.24) is 9.88 Å². The molecule has 1 atom stereocenters. The SMILES string of the molecule is C/C=C/C=C/c1cc2c(CN(C)C)c3c(c(O)c2c(=O)[nH]1)[C@@]1(CC3)C(=O)c2c(O)c3c(c(O)c2C1=O)C(=O)C(OC)=CC3=O. The minimum absolute atomic E-state index is 0.0825. The number of hydrogen-bond acceptors (Lipinski definition) is 10. The molecule has 3 aliphatic carbocycles. The van der Waals surface area contributed by atoms with Gasteiger partial charge in [0.25, 0.3) is 5.56 Å². The summed E-state index contributed by atoms with van der Waals surface area (Å²) in [4.78, 5) is 72.7. The van der Waals surface area contributed by atoms with Crippen LogP contribution >= 0.6 is 0 Å². The van der Waals surface area contributed by atoms with E-state index in [0.717, 1.165) is 13.2 Å². The van der Waals surface area contributed by atoms with Gasteiger partial charge in [0, 0.05) is 23.9 Å². The molecule has 1 spiro atoms. The van der Waals surface area contributed by atoms with E-state index in [4.69, 9.17) is 4.74 Å². The third kappa shape index (κ3) is 3.62. The maximum absolute atomic E-state index is 14.3. The molecule has 2 aromatic carbocycles. The highest BCUT2D eigenvalue weighted by Crippen LogP contribution is 2.58. The molecular weight excluding hydrogens is 568 g/mol. The number of ether oxygens (including phenoxy) is 1. The first-order valence-electron chi connectivity index (χ1n) is 13.8. The number of H-pyrrole nitrogens is 1. The van der Waals surface area contributed by atoms with Crippen LogP contribution < -0.4 is 5.56 Å². The van der Waals surface area contributed by atoms with Gasteiger partial charge >= 0.3 is 0 Å². The third-order valence-corrected chi connectivity index (χ3v) is 8.61. The van der Waals surface area contributed by atoms with E-state index < -0.39 is 79.4 Å². The molecule has 0 aliphatic heterocycles. The van der Waals surface area contributed by atoms with Gasteiger partial charge < -0.3 is 29.9 Å². The van der Waals surface area contributed by atoms with Gasteiger partial charge in [0.15, 0.2) is 23.1 Å². The van der Waals surface area contributed by atoms with Crippen LogP contribution in [-0.2, 0) is 23.1 Å². The van der Waals surface area contributed by atoms with Gasteiger partial charge in [0.05, 0.1) is 34.7 Å². The van der Waals surface area contributed by atoms with Gasteiger partial charge in [-0.1, -0.05) is 18.2 Å². The molecule has 11 nitrogen and oxygen atoms in total. The van der Waals surface area contributed by atoms with E-state index in [9.17, 15) is 39.3 Å². The Morgan fingerprint density at radius 1 is 0.955 bits per heavy atom. The summed E-state index contributed by atoms with van der Waals surface area (Å²) in [6.45, 7) is 2.15. The van der Waals surface area contributed by atoms with Crippen LogP contribution in [0.2, 0.25) is 0 Å². The lowest BCUT2D eigenvalue weighted by Gasteiger charge is -2.25. The fraction of sp³-hybridized carbons (Fsp3) is 0.242. The Labute approximate surface area is 250 Å². The number of methoxy groups -OCH3 is 1. The molecule has 0 saturated heterocycles. The van der Waals surface area contributed by atoms with Gasteiger partial charge in [-0.2, -0.15) is 0 Å². The molecule has 0 radical (unpaired) electrons. The second-order valence-electron chi connectivity index (χ2n) is 11.3. The summed E-state index contributed by atoms with van der Waals surface area (Å²) in [6.07, 6.45) is 7.90. The number of nitrogens with zero attached hydrogens (tertiary/aromatic N) is 1. The van der Waals surface area contributed by atoms with Crippen LogP contribution in [-0.4, -0.2) is 69.5 Å². The molecule has 11 heteroatoms. The number of allylic oxidation sites excluding steroid dienone is 5. The van der Waals surface area contributed by atoms with E-state index in [0.29, 0.717) is 28.8 Å². The van der Waals surface area contributed by atoms with E-state index in [-0.39, 0.29) is 23.8 Å². The van der Waals surface area contributed by atoms with E-state index in [1.807, 2.05) is 32.0 Å². The fourth-order valence-corrected chi connectivity index (χ4v) is 6.81. The highest BCUT2D eigenvalue weighted by atomic mass is 16.5. The second-order valence-corrected chi connectivity index (χ2v) is 11.3. The smallest absolute Gasteiger partial charge is 0.260 e. The lowest BCUT2D eigenvalue weighted by molar-refractivity contribution is 0.0790. The summed E-state index contributed by atoms with van der Waals surface area (Å²) in [7, 11) is 4.77. The number of phenolic OH excluding ortho intramolecular Hbond substituents is 3. The average Bonchev–Trinajstić information content (AvgIpc) is 3.48. The molecule has 6 rings (SSSR count). The Morgan fingerprint density at radius 2 is 1.61 bits per heavy atom. The molecule has 0 amide bonds. The van der Waals surface area contributed by atoms with Crippen molar-refractivity contribution >= 4 is 40.0 Å². The number of aromatic nitrogens is 1. The van der Waals surface area contributed by atoms with Crippen molar-refractivity contribution in [3.63, 3.8) is 0 Å². The van der Waals surface area contributed by atoms with Crippen LogP contribution in [0.25, 0.3) is 16.8 Å².